The first-order valence-electron chi connectivity index (χ1n) is 16.1. The minimum absolute atomic E-state index is 0.00806. The average molecular weight is 590 g/mol. The smallest absolute Gasteiger partial charge is 0.216 e. The molecule has 5 rings (SSSR count). The van der Waals surface area contributed by atoms with E-state index in [-0.39, 0.29) is 22.9 Å². The van der Waals surface area contributed by atoms with Crippen LogP contribution in [0.2, 0.25) is 0 Å². The van der Waals surface area contributed by atoms with E-state index in [0.717, 1.165) is 64.7 Å². The van der Waals surface area contributed by atoms with E-state index in [1.54, 1.807) is 0 Å². The number of rotatable bonds is 4. The molecule has 0 radical (unpaired) electrons. The third-order valence-electron chi connectivity index (χ3n) is 9.81. The number of piperidine rings is 1. The molecule has 1 aromatic carbocycles. The monoisotopic (exact) mass is 589 g/mol. The van der Waals surface area contributed by atoms with E-state index in [1.807, 2.05) is 0 Å². The molecular weight excluding hydrogens is 534 g/mol. The third kappa shape index (κ3) is 8.31. The molecular formula is C32H55N5O3S. The van der Waals surface area contributed by atoms with Crippen molar-refractivity contribution < 1.29 is 13.2 Å². The van der Waals surface area contributed by atoms with E-state index in [2.05, 4.69) is 78.4 Å². The van der Waals surface area contributed by atoms with Crippen molar-refractivity contribution in [3.05, 3.63) is 34.9 Å². The lowest BCUT2D eigenvalue weighted by Crippen LogP contribution is -2.64. The summed E-state index contributed by atoms with van der Waals surface area (Å²) >= 11 is 0. The molecule has 4 aliphatic rings. The van der Waals surface area contributed by atoms with Crippen LogP contribution in [0.25, 0.3) is 0 Å². The number of fused-ring (bicyclic) bond motifs is 4. The number of hydrogen-bond donors (Lipinski definition) is 4. The first-order valence-corrected chi connectivity index (χ1v) is 17.7. The Hall–Kier alpha value is -1.07. The van der Waals surface area contributed by atoms with Gasteiger partial charge in [0.25, 0.3) is 0 Å². The Balaban J connectivity index is 1.47. The maximum absolute atomic E-state index is 13.8. The molecule has 4 bridgehead atoms. The fraction of sp³-hybridized carbons (Fsp3) is 0.812. The van der Waals surface area contributed by atoms with Crippen LogP contribution in [-0.2, 0) is 14.8 Å². The number of sulfonamides is 1. The van der Waals surface area contributed by atoms with Crippen molar-refractivity contribution in [1.29, 1.82) is 0 Å². The molecule has 0 aromatic heterocycles. The lowest BCUT2D eigenvalue weighted by molar-refractivity contribution is -0.0527. The van der Waals surface area contributed by atoms with Gasteiger partial charge in [-0.15, -0.1) is 0 Å². The molecule has 1 aromatic rings. The molecule has 1 saturated carbocycles. The lowest BCUT2D eigenvalue weighted by atomic mass is 9.84. The standard InChI is InChI=1S/C32H55N5O3S/c1-22-8-6-9-23(2)30(22)28-17-29-35-31(34-28)36-41(38,39)27-11-7-10-25(16-27)20-37(19-24-12-14-33-15-13-24)26(21-40-29)18-32(3,4)5/h6,8-9,24-29,31,33-36H,7,10-21H2,1-5H3/t25?,26-,27?,28?,29?,31?/m1/s1. The van der Waals surface area contributed by atoms with Gasteiger partial charge in [0.15, 0.2) is 0 Å². The zero-order valence-electron chi connectivity index (χ0n) is 26.0. The molecule has 3 aliphatic heterocycles. The predicted molar refractivity (Wildman–Crippen MR) is 166 cm³/mol. The van der Waals surface area contributed by atoms with Crippen molar-refractivity contribution in [2.24, 2.45) is 17.3 Å². The van der Waals surface area contributed by atoms with Gasteiger partial charge in [-0.2, -0.15) is 4.72 Å². The summed E-state index contributed by atoms with van der Waals surface area (Å²) in [4.78, 5) is 2.72. The zero-order valence-corrected chi connectivity index (χ0v) is 26.9. The van der Waals surface area contributed by atoms with Gasteiger partial charge in [-0.1, -0.05) is 45.4 Å². The summed E-state index contributed by atoms with van der Waals surface area (Å²) in [5.74, 6) is 1.06. The van der Waals surface area contributed by atoms with E-state index in [0.29, 0.717) is 24.5 Å². The molecule has 3 heterocycles. The van der Waals surface area contributed by atoms with Crippen molar-refractivity contribution in [1.82, 2.24) is 25.6 Å². The van der Waals surface area contributed by atoms with E-state index in [4.69, 9.17) is 4.74 Å². The normalized spacial score (nSPS) is 34.3. The highest BCUT2D eigenvalue weighted by Gasteiger charge is 2.39. The van der Waals surface area contributed by atoms with Gasteiger partial charge < -0.3 is 10.1 Å². The summed E-state index contributed by atoms with van der Waals surface area (Å²) in [6, 6.07) is 6.66. The number of ether oxygens (including phenoxy) is 1. The second-order valence-corrected chi connectivity index (χ2v) is 16.6. The number of nitrogens with one attached hydrogen (secondary N) is 4. The first kappa shape index (κ1) is 31.4. The van der Waals surface area contributed by atoms with Crippen LogP contribution in [0.4, 0.5) is 0 Å². The molecule has 232 valence electrons. The van der Waals surface area contributed by atoms with Gasteiger partial charge in [-0.25, -0.2) is 8.42 Å². The minimum atomic E-state index is -3.52. The zero-order chi connectivity index (χ0) is 29.2. The molecule has 6 atom stereocenters. The Bertz CT molecular complexity index is 1100. The summed E-state index contributed by atoms with van der Waals surface area (Å²) in [5.41, 5.74) is 3.85. The quantitative estimate of drug-likeness (QED) is 0.419. The van der Waals surface area contributed by atoms with Crippen LogP contribution in [0.5, 0.6) is 0 Å². The number of benzene rings is 1. The molecule has 8 nitrogen and oxygen atoms in total. The summed E-state index contributed by atoms with van der Waals surface area (Å²) < 4.78 is 37.4. The molecule has 3 saturated heterocycles. The Morgan fingerprint density at radius 3 is 2.44 bits per heavy atom. The summed E-state index contributed by atoms with van der Waals surface area (Å²) in [7, 11) is -3.52. The van der Waals surface area contributed by atoms with Crippen molar-refractivity contribution in [2.75, 3.05) is 32.8 Å². The lowest BCUT2D eigenvalue weighted by Gasteiger charge is -2.42. The Morgan fingerprint density at radius 1 is 1.00 bits per heavy atom. The highest BCUT2D eigenvalue weighted by Crippen LogP contribution is 2.34. The highest BCUT2D eigenvalue weighted by atomic mass is 32.2. The maximum atomic E-state index is 13.8. The van der Waals surface area contributed by atoms with Gasteiger partial charge in [0, 0.05) is 31.6 Å². The molecule has 4 N–H and O–H groups in total. The van der Waals surface area contributed by atoms with Crippen LogP contribution >= 0.6 is 0 Å². The number of hydrogen-bond acceptors (Lipinski definition) is 7. The van der Waals surface area contributed by atoms with Crippen molar-refractivity contribution >= 4 is 10.0 Å². The Morgan fingerprint density at radius 2 is 1.73 bits per heavy atom. The van der Waals surface area contributed by atoms with Gasteiger partial charge in [0.2, 0.25) is 10.0 Å². The van der Waals surface area contributed by atoms with E-state index < -0.39 is 16.3 Å². The molecule has 9 heteroatoms. The fourth-order valence-corrected chi connectivity index (χ4v) is 9.48. The third-order valence-corrected chi connectivity index (χ3v) is 11.7. The van der Waals surface area contributed by atoms with Crippen LogP contribution in [0.15, 0.2) is 18.2 Å². The van der Waals surface area contributed by atoms with Gasteiger partial charge in [0.1, 0.15) is 12.5 Å². The SMILES string of the molecule is Cc1cccc(C)c1C1CC2NC(N1)NS(=O)(=O)C1CCCC(C1)CN(CC1CCNCC1)[C@H](CC(C)(C)C)CO2. The van der Waals surface area contributed by atoms with Crippen LogP contribution in [0, 0.1) is 31.1 Å². The van der Waals surface area contributed by atoms with Crippen LogP contribution in [0.3, 0.4) is 0 Å². The molecule has 1 aliphatic carbocycles. The van der Waals surface area contributed by atoms with Gasteiger partial charge in [-0.05, 0) is 99.4 Å². The highest BCUT2D eigenvalue weighted by molar-refractivity contribution is 7.90. The van der Waals surface area contributed by atoms with E-state index in [1.165, 1.54) is 29.5 Å². The van der Waals surface area contributed by atoms with Crippen LogP contribution < -0.4 is 20.7 Å². The second-order valence-electron chi connectivity index (χ2n) is 14.6. The fourth-order valence-electron chi connectivity index (χ4n) is 7.83. The number of aryl methyl sites for hydroxylation is 2. The molecule has 41 heavy (non-hydrogen) atoms. The van der Waals surface area contributed by atoms with Crippen molar-refractivity contribution in [3.8, 4) is 0 Å². The van der Waals surface area contributed by atoms with Gasteiger partial charge in [-0.3, -0.25) is 15.5 Å². The Labute approximate surface area is 249 Å². The largest absolute Gasteiger partial charge is 0.362 e. The van der Waals surface area contributed by atoms with Crippen LogP contribution in [-0.4, -0.2) is 69.9 Å². The molecule has 5 unspecified atom stereocenters. The summed E-state index contributed by atoms with van der Waals surface area (Å²) in [6.45, 7) is 16.2. The van der Waals surface area contributed by atoms with Gasteiger partial charge >= 0.3 is 0 Å². The Kier molecular flexibility index (Phi) is 10.2. The second kappa shape index (κ2) is 13.3. The first-order chi connectivity index (χ1) is 19.5. The topological polar surface area (TPSA) is 94.7 Å². The summed E-state index contributed by atoms with van der Waals surface area (Å²) in [6.07, 6.45) is 6.93. The summed E-state index contributed by atoms with van der Waals surface area (Å²) in [5, 5.41) is 10.3. The van der Waals surface area contributed by atoms with E-state index in [9.17, 15) is 8.42 Å². The molecule has 4 fully saturated rings. The molecule has 0 amide bonds. The minimum Gasteiger partial charge on any atom is -0.362 e. The van der Waals surface area contributed by atoms with Crippen LogP contribution in [0.1, 0.15) is 94.9 Å². The predicted octanol–water partition coefficient (Wildman–Crippen LogP) is 4.15. The van der Waals surface area contributed by atoms with Crippen molar-refractivity contribution in [3.63, 3.8) is 0 Å². The van der Waals surface area contributed by atoms with E-state index >= 15 is 0 Å². The maximum Gasteiger partial charge on any atom is 0.216 e. The van der Waals surface area contributed by atoms with Crippen molar-refractivity contribution in [2.45, 2.75) is 116 Å². The molecule has 0 spiro atoms. The van der Waals surface area contributed by atoms with Gasteiger partial charge in [0.05, 0.1) is 11.9 Å². The number of nitrogens with zero attached hydrogens (tertiary/aromatic N) is 1. The average Bonchev–Trinajstić information content (AvgIpc) is 2.90.